The molecule has 0 saturated heterocycles. The molecule has 0 fully saturated rings. The number of benzene rings is 1. The molecule has 0 saturated carbocycles. The maximum Gasteiger partial charge on any atom is 0.0443 e. The van der Waals surface area contributed by atoms with E-state index in [0.29, 0.717) is 13.1 Å². The first-order chi connectivity index (χ1) is 7.38. The van der Waals surface area contributed by atoms with Crippen molar-refractivity contribution in [1.82, 2.24) is 0 Å². The van der Waals surface area contributed by atoms with Gasteiger partial charge in [-0.15, -0.1) is 0 Å². The van der Waals surface area contributed by atoms with Gasteiger partial charge in [-0.25, -0.2) is 0 Å². The van der Waals surface area contributed by atoms with E-state index in [1.165, 1.54) is 5.56 Å². The third kappa shape index (κ3) is 3.85. The zero-order valence-electron chi connectivity index (χ0n) is 8.50. The fourth-order valence-corrected chi connectivity index (χ4v) is 1.34. The van der Waals surface area contributed by atoms with E-state index < -0.39 is 0 Å². The number of hydrogen-bond acceptors (Lipinski definition) is 2. The highest BCUT2D eigenvalue weighted by molar-refractivity contribution is 5.53. The van der Waals surface area contributed by atoms with Crippen LogP contribution < -0.4 is 5.73 Å². The summed E-state index contributed by atoms with van der Waals surface area (Å²) in [6.45, 7) is 1.02. The average molecular weight is 202 g/mol. The van der Waals surface area contributed by atoms with Gasteiger partial charge >= 0.3 is 0 Å². The molecule has 78 valence electrons. The molecule has 15 heavy (non-hydrogen) atoms. The van der Waals surface area contributed by atoms with Gasteiger partial charge in [-0.2, -0.15) is 0 Å². The van der Waals surface area contributed by atoms with Crippen LogP contribution in [0.5, 0.6) is 0 Å². The zero-order valence-corrected chi connectivity index (χ0v) is 8.50. The van der Waals surface area contributed by atoms with Gasteiger partial charge in [-0.05, 0) is 29.6 Å². The highest BCUT2D eigenvalue weighted by Crippen LogP contribution is 2.10. The lowest BCUT2D eigenvalue weighted by Crippen LogP contribution is -2.03. The van der Waals surface area contributed by atoms with Crippen molar-refractivity contribution < 1.29 is 0 Å². The Kier molecular flexibility index (Phi) is 5.01. The molecule has 0 bridgehead atoms. The fourth-order valence-electron chi connectivity index (χ4n) is 1.34. The molecular weight excluding hydrogens is 188 g/mol. The number of azide groups is 1. The van der Waals surface area contributed by atoms with Crippen LogP contribution in [0.4, 0.5) is 0 Å². The van der Waals surface area contributed by atoms with Crippen molar-refractivity contribution in [3.63, 3.8) is 0 Å². The second-order valence-electron chi connectivity index (χ2n) is 3.05. The Labute approximate surface area is 89.0 Å². The summed E-state index contributed by atoms with van der Waals surface area (Å²) in [6, 6.07) is 8.06. The van der Waals surface area contributed by atoms with Gasteiger partial charge in [0, 0.05) is 11.5 Å². The van der Waals surface area contributed by atoms with Crippen LogP contribution >= 0.6 is 0 Å². The molecule has 1 aromatic carbocycles. The summed E-state index contributed by atoms with van der Waals surface area (Å²) in [4.78, 5) is 2.68. The number of rotatable bonds is 5. The van der Waals surface area contributed by atoms with Crippen molar-refractivity contribution >= 4 is 6.08 Å². The SMILES string of the molecule is [N-]=[N+]=NCC=Cc1ccccc1CCN. The fraction of sp³-hybridized carbons (Fsp3) is 0.273. The van der Waals surface area contributed by atoms with Gasteiger partial charge < -0.3 is 5.73 Å². The van der Waals surface area contributed by atoms with Crippen LogP contribution in [0.15, 0.2) is 35.5 Å². The van der Waals surface area contributed by atoms with Gasteiger partial charge in [-0.1, -0.05) is 41.5 Å². The van der Waals surface area contributed by atoms with Crippen molar-refractivity contribution in [3.05, 3.63) is 51.9 Å². The highest BCUT2D eigenvalue weighted by atomic mass is 15.1. The molecule has 4 nitrogen and oxygen atoms in total. The lowest BCUT2D eigenvalue weighted by Gasteiger charge is -2.03. The number of nitrogens with zero attached hydrogens (tertiary/aromatic N) is 3. The maximum absolute atomic E-state index is 8.11. The summed E-state index contributed by atoms with van der Waals surface area (Å²) in [5, 5.41) is 3.43. The van der Waals surface area contributed by atoms with Crippen molar-refractivity contribution in [2.75, 3.05) is 13.1 Å². The molecule has 1 aromatic rings. The van der Waals surface area contributed by atoms with E-state index >= 15 is 0 Å². The largest absolute Gasteiger partial charge is 0.330 e. The Morgan fingerprint density at radius 1 is 1.40 bits per heavy atom. The first-order valence-electron chi connectivity index (χ1n) is 4.84. The topological polar surface area (TPSA) is 74.8 Å². The molecule has 0 atom stereocenters. The molecule has 1 rings (SSSR count). The van der Waals surface area contributed by atoms with Gasteiger partial charge in [0.15, 0.2) is 0 Å². The summed E-state index contributed by atoms with van der Waals surface area (Å²) in [6.07, 6.45) is 4.66. The Morgan fingerprint density at radius 3 is 2.93 bits per heavy atom. The summed E-state index contributed by atoms with van der Waals surface area (Å²) in [7, 11) is 0. The minimum atomic E-state index is 0.382. The van der Waals surface area contributed by atoms with E-state index in [0.717, 1.165) is 12.0 Å². The van der Waals surface area contributed by atoms with Crippen LogP contribution in [0, 0.1) is 0 Å². The van der Waals surface area contributed by atoms with E-state index in [1.807, 2.05) is 30.4 Å². The van der Waals surface area contributed by atoms with Gasteiger partial charge in [-0.3, -0.25) is 0 Å². The molecule has 2 N–H and O–H groups in total. The van der Waals surface area contributed by atoms with Crippen molar-refractivity contribution in [2.45, 2.75) is 6.42 Å². The second-order valence-corrected chi connectivity index (χ2v) is 3.05. The Morgan fingerprint density at radius 2 is 2.20 bits per heavy atom. The zero-order chi connectivity index (χ0) is 10.9. The average Bonchev–Trinajstić information content (AvgIpc) is 2.27. The van der Waals surface area contributed by atoms with Gasteiger partial charge in [0.2, 0.25) is 0 Å². The first-order valence-corrected chi connectivity index (χ1v) is 4.84. The van der Waals surface area contributed by atoms with Crippen molar-refractivity contribution in [3.8, 4) is 0 Å². The molecule has 0 unspecified atom stereocenters. The summed E-state index contributed by atoms with van der Waals surface area (Å²) in [5.74, 6) is 0. The van der Waals surface area contributed by atoms with E-state index in [-0.39, 0.29) is 0 Å². The van der Waals surface area contributed by atoms with Gasteiger partial charge in [0.25, 0.3) is 0 Å². The first kappa shape index (κ1) is 11.3. The van der Waals surface area contributed by atoms with E-state index in [9.17, 15) is 0 Å². The quantitative estimate of drug-likeness (QED) is 0.444. The molecule has 0 radical (unpaired) electrons. The monoisotopic (exact) mass is 202 g/mol. The predicted octanol–water partition coefficient (Wildman–Crippen LogP) is 2.51. The predicted molar refractivity (Wildman–Crippen MR) is 62.2 cm³/mol. The number of hydrogen-bond donors (Lipinski definition) is 1. The third-order valence-corrected chi connectivity index (χ3v) is 2.02. The lowest BCUT2D eigenvalue weighted by molar-refractivity contribution is 0.966. The molecule has 0 spiro atoms. The molecule has 4 heteroatoms. The standard InChI is InChI=1S/C11H14N4/c12-8-7-11-5-2-1-4-10(11)6-3-9-14-15-13/h1-6H,7-9,12H2. The Balaban J connectivity index is 2.74. The molecule has 0 aliphatic heterocycles. The van der Waals surface area contributed by atoms with E-state index in [4.69, 9.17) is 11.3 Å². The molecular formula is C11H14N4. The van der Waals surface area contributed by atoms with Gasteiger partial charge in [0.1, 0.15) is 0 Å². The molecule has 0 aromatic heterocycles. The van der Waals surface area contributed by atoms with Crippen LogP contribution in [0.3, 0.4) is 0 Å². The van der Waals surface area contributed by atoms with Gasteiger partial charge in [0.05, 0.1) is 0 Å². The third-order valence-electron chi connectivity index (χ3n) is 2.02. The smallest absolute Gasteiger partial charge is 0.0443 e. The number of nitrogens with two attached hydrogens (primary N) is 1. The molecule has 0 aliphatic rings. The second kappa shape index (κ2) is 6.65. The molecule has 0 heterocycles. The van der Waals surface area contributed by atoms with Crippen LogP contribution in [-0.4, -0.2) is 13.1 Å². The van der Waals surface area contributed by atoms with Crippen LogP contribution in [0.1, 0.15) is 11.1 Å². The van der Waals surface area contributed by atoms with Crippen LogP contribution in [0.2, 0.25) is 0 Å². The normalized spacial score (nSPS) is 10.2. The Hall–Kier alpha value is -1.77. The Bertz CT molecular complexity index is 378. The minimum Gasteiger partial charge on any atom is -0.330 e. The van der Waals surface area contributed by atoms with Crippen molar-refractivity contribution in [1.29, 1.82) is 0 Å². The van der Waals surface area contributed by atoms with Crippen molar-refractivity contribution in [2.24, 2.45) is 10.8 Å². The summed E-state index contributed by atoms with van der Waals surface area (Å²) >= 11 is 0. The van der Waals surface area contributed by atoms with E-state index in [1.54, 1.807) is 0 Å². The highest BCUT2D eigenvalue weighted by Gasteiger charge is 1.95. The lowest BCUT2D eigenvalue weighted by atomic mass is 10.0. The van der Waals surface area contributed by atoms with E-state index in [2.05, 4.69) is 16.1 Å². The van der Waals surface area contributed by atoms with Crippen LogP contribution in [0.25, 0.3) is 16.5 Å². The van der Waals surface area contributed by atoms with Crippen LogP contribution in [-0.2, 0) is 6.42 Å². The minimum absolute atomic E-state index is 0.382. The summed E-state index contributed by atoms with van der Waals surface area (Å²) in [5.41, 5.74) is 16.0. The molecule has 0 amide bonds. The molecule has 0 aliphatic carbocycles. The maximum atomic E-state index is 8.11. The summed E-state index contributed by atoms with van der Waals surface area (Å²) < 4.78 is 0.